The van der Waals surface area contributed by atoms with Gasteiger partial charge in [-0.3, -0.25) is 4.79 Å². The van der Waals surface area contributed by atoms with Crippen LogP contribution in [0.15, 0.2) is 27.4 Å². The third-order valence-corrected chi connectivity index (χ3v) is 7.53. The predicted molar refractivity (Wildman–Crippen MR) is 142 cm³/mol. The summed E-state index contributed by atoms with van der Waals surface area (Å²) in [4.78, 5) is 13.3. The number of aromatic hydroxyl groups is 2. The monoisotopic (exact) mass is 612 g/mol. The molecule has 8 N–H and O–H groups in total. The zero-order valence-electron chi connectivity index (χ0n) is 23.1. The van der Waals surface area contributed by atoms with Crippen LogP contribution in [0.2, 0.25) is 0 Å². The number of phenols is 2. The first-order valence-electron chi connectivity index (χ1n) is 13.1. The summed E-state index contributed by atoms with van der Waals surface area (Å²) in [5, 5.41) is 82.7. The van der Waals surface area contributed by atoms with E-state index in [-0.39, 0.29) is 44.9 Å². The smallest absolute Gasteiger partial charge is 0.229 e. The molecule has 16 heteroatoms. The summed E-state index contributed by atoms with van der Waals surface area (Å²) >= 11 is 0. The molecule has 16 nitrogen and oxygen atoms in total. The van der Waals surface area contributed by atoms with Gasteiger partial charge >= 0.3 is 0 Å². The number of phenolic OH excluding ortho intramolecular Hbond substituents is 2. The van der Waals surface area contributed by atoms with Crippen molar-refractivity contribution >= 4 is 21.9 Å². The molecular formula is C27H32O16. The number of hydrogen-bond donors (Lipinski definition) is 8. The maximum Gasteiger partial charge on any atom is 0.229 e. The first-order valence-corrected chi connectivity index (χ1v) is 13.1. The molecule has 3 heterocycles. The fourth-order valence-corrected chi connectivity index (χ4v) is 5.12. The molecule has 236 valence electrons. The van der Waals surface area contributed by atoms with Crippen LogP contribution < -0.4 is 19.6 Å². The second-order valence-electron chi connectivity index (χ2n) is 10.2. The number of benzene rings is 2. The second-order valence-corrected chi connectivity index (χ2v) is 10.2. The topological polar surface area (TPSA) is 247 Å². The summed E-state index contributed by atoms with van der Waals surface area (Å²) in [5.41, 5.74) is -0.956. The molecule has 0 saturated carbocycles. The van der Waals surface area contributed by atoms with E-state index in [4.69, 9.17) is 32.8 Å². The Morgan fingerprint density at radius 2 is 1.53 bits per heavy atom. The highest BCUT2D eigenvalue weighted by Gasteiger charge is 2.51. The SMILES string of the molecule is COc1cc2c(=O)c3c(O)c(OC)c(O[C@@H]4O[C@H](CO)[C@@H](O)[C@H](O)[C@H]4O[C@@H]4O[C@H](C)[C@H](O)[C@@H](O)[C@H]4O)cc3oc2cc1O. The van der Waals surface area contributed by atoms with Crippen molar-refractivity contribution in [2.45, 2.75) is 68.3 Å². The van der Waals surface area contributed by atoms with Crippen LogP contribution in [0.1, 0.15) is 6.92 Å². The molecule has 2 aliphatic rings. The van der Waals surface area contributed by atoms with E-state index in [2.05, 4.69) is 0 Å². The van der Waals surface area contributed by atoms with Crippen molar-refractivity contribution in [2.75, 3.05) is 20.8 Å². The number of fused-ring (bicyclic) bond motifs is 2. The average molecular weight is 613 g/mol. The summed E-state index contributed by atoms with van der Waals surface area (Å²) in [6.07, 6.45) is -15.8. The van der Waals surface area contributed by atoms with Crippen molar-refractivity contribution in [3.05, 3.63) is 28.4 Å². The molecule has 2 fully saturated rings. The Labute approximate surface area is 242 Å². The van der Waals surface area contributed by atoms with Crippen LogP contribution in [0, 0.1) is 0 Å². The van der Waals surface area contributed by atoms with Crippen LogP contribution >= 0.6 is 0 Å². The first kappa shape index (κ1) is 31.0. The number of hydrogen-bond acceptors (Lipinski definition) is 16. The van der Waals surface area contributed by atoms with Gasteiger partial charge in [-0.15, -0.1) is 0 Å². The number of aliphatic hydroxyl groups excluding tert-OH is 6. The van der Waals surface area contributed by atoms with Gasteiger partial charge in [0.2, 0.25) is 17.5 Å². The van der Waals surface area contributed by atoms with Crippen LogP contribution in [-0.4, -0.2) is 123 Å². The van der Waals surface area contributed by atoms with Crippen LogP contribution in [0.4, 0.5) is 0 Å². The predicted octanol–water partition coefficient (Wildman–Crippen LogP) is -1.59. The van der Waals surface area contributed by atoms with E-state index in [0.717, 1.165) is 12.1 Å². The van der Waals surface area contributed by atoms with Gasteiger partial charge in [0.1, 0.15) is 53.2 Å². The highest BCUT2D eigenvalue weighted by Crippen LogP contribution is 2.44. The van der Waals surface area contributed by atoms with Crippen molar-refractivity contribution in [2.24, 2.45) is 0 Å². The van der Waals surface area contributed by atoms with Crippen LogP contribution in [0.25, 0.3) is 21.9 Å². The molecule has 10 atom stereocenters. The molecule has 0 spiro atoms. The van der Waals surface area contributed by atoms with E-state index in [1.165, 1.54) is 27.2 Å². The van der Waals surface area contributed by atoms with Gasteiger partial charge in [0.25, 0.3) is 0 Å². The molecule has 0 unspecified atom stereocenters. The van der Waals surface area contributed by atoms with Crippen LogP contribution in [0.3, 0.4) is 0 Å². The van der Waals surface area contributed by atoms with E-state index >= 15 is 0 Å². The third kappa shape index (κ3) is 5.30. The van der Waals surface area contributed by atoms with Gasteiger partial charge in [0.05, 0.1) is 32.3 Å². The van der Waals surface area contributed by atoms with Crippen molar-refractivity contribution in [1.29, 1.82) is 0 Å². The Balaban J connectivity index is 1.57. The molecule has 3 aromatic rings. The first-order chi connectivity index (χ1) is 20.4. The fourth-order valence-electron chi connectivity index (χ4n) is 5.12. The average Bonchev–Trinajstić information content (AvgIpc) is 2.97. The molecule has 1 aromatic heterocycles. The van der Waals surface area contributed by atoms with Gasteiger partial charge in [-0.2, -0.15) is 0 Å². The largest absolute Gasteiger partial charge is 0.504 e. The van der Waals surface area contributed by atoms with Crippen molar-refractivity contribution < 1.29 is 73.7 Å². The maximum absolute atomic E-state index is 13.3. The molecule has 2 saturated heterocycles. The van der Waals surface area contributed by atoms with Crippen molar-refractivity contribution in [3.8, 4) is 28.7 Å². The van der Waals surface area contributed by atoms with Gasteiger partial charge in [-0.1, -0.05) is 0 Å². The standard InChI is InChI=1S/C27H32O16/c1-8-17(30)21(34)23(36)26(39-8)43-25-22(35)19(32)15(7-28)42-27(25)41-14-6-13-16(20(33)24(14)38-3)18(31)9-4-12(37-2)10(29)5-11(9)40-13/h4-6,8,15,17,19,21-23,25-30,32-36H,7H2,1-3H3/t8-,15-,17+,19-,21-,22+,23-,25-,26+,27-/m1/s1. The normalized spacial score (nSPS) is 33.0. The molecular weight excluding hydrogens is 580 g/mol. The number of aliphatic hydroxyl groups is 6. The molecule has 2 aliphatic heterocycles. The molecule has 0 amide bonds. The molecule has 2 aromatic carbocycles. The minimum Gasteiger partial charge on any atom is -0.504 e. The molecule has 0 radical (unpaired) electrons. The van der Waals surface area contributed by atoms with Crippen LogP contribution in [0.5, 0.6) is 28.7 Å². The lowest BCUT2D eigenvalue weighted by molar-refractivity contribution is -0.354. The lowest BCUT2D eigenvalue weighted by Gasteiger charge is -2.45. The lowest BCUT2D eigenvalue weighted by atomic mass is 9.97. The van der Waals surface area contributed by atoms with E-state index in [9.17, 15) is 45.6 Å². The highest BCUT2D eigenvalue weighted by atomic mass is 16.8. The Kier molecular flexibility index (Phi) is 8.59. The zero-order chi connectivity index (χ0) is 31.3. The summed E-state index contributed by atoms with van der Waals surface area (Å²) in [6.45, 7) is 0.647. The molecule has 0 bridgehead atoms. The van der Waals surface area contributed by atoms with E-state index in [1.807, 2.05) is 0 Å². The van der Waals surface area contributed by atoms with E-state index in [1.54, 1.807) is 0 Å². The Morgan fingerprint density at radius 1 is 0.814 bits per heavy atom. The number of methoxy groups -OCH3 is 2. The minimum absolute atomic E-state index is 0.00582. The van der Waals surface area contributed by atoms with Gasteiger partial charge < -0.3 is 73.7 Å². The number of ether oxygens (including phenoxy) is 6. The Bertz CT molecular complexity index is 1540. The van der Waals surface area contributed by atoms with Gasteiger partial charge in [0.15, 0.2) is 35.4 Å². The number of rotatable bonds is 7. The third-order valence-electron chi connectivity index (χ3n) is 7.53. The fraction of sp³-hybridized carbons (Fsp3) is 0.519. The summed E-state index contributed by atoms with van der Waals surface area (Å²) < 4.78 is 38.8. The van der Waals surface area contributed by atoms with Crippen LogP contribution in [-0.2, 0) is 14.2 Å². The molecule has 43 heavy (non-hydrogen) atoms. The van der Waals surface area contributed by atoms with E-state index < -0.39 is 79.2 Å². The van der Waals surface area contributed by atoms with Crippen molar-refractivity contribution in [1.82, 2.24) is 0 Å². The highest BCUT2D eigenvalue weighted by molar-refractivity contribution is 5.96. The Hall–Kier alpha value is -3.45. The maximum atomic E-state index is 13.3. The summed E-state index contributed by atoms with van der Waals surface area (Å²) in [7, 11) is 2.46. The van der Waals surface area contributed by atoms with E-state index in [0.29, 0.717) is 0 Å². The lowest BCUT2D eigenvalue weighted by Crippen LogP contribution is -2.64. The second kappa shape index (κ2) is 11.9. The molecule has 0 aliphatic carbocycles. The summed E-state index contributed by atoms with van der Waals surface area (Å²) in [5.74, 6) is -1.69. The van der Waals surface area contributed by atoms with Crippen molar-refractivity contribution in [3.63, 3.8) is 0 Å². The Morgan fingerprint density at radius 3 is 2.19 bits per heavy atom. The van der Waals surface area contributed by atoms with Gasteiger partial charge in [-0.05, 0) is 13.0 Å². The summed E-state index contributed by atoms with van der Waals surface area (Å²) in [6, 6.07) is 3.55. The minimum atomic E-state index is -1.81. The molecule has 5 rings (SSSR count). The van der Waals surface area contributed by atoms with Gasteiger partial charge in [0, 0.05) is 12.1 Å². The van der Waals surface area contributed by atoms with Gasteiger partial charge in [-0.25, -0.2) is 0 Å². The quantitative estimate of drug-likeness (QED) is 0.140. The zero-order valence-corrected chi connectivity index (χ0v) is 23.1.